The molecule has 1 aliphatic rings. The Labute approximate surface area is 102 Å². The Morgan fingerprint density at radius 3 is 2.88 bits per heavy atom. The van der Waals surface area contributed by atoms with Crippen LogP contribution in [0.1, 0.15) is 18.4 Å². The highest BCUT2D eigenvalue weighted by molar-refractivity contribution is 6.30. The van der Waals surface area contributed by atoms with E-state index in [9.17, 15) is 0 Å². The van der Waals surface area contributed by atoms with Gasteiger partial charge in [0, 0.05) is 11.1 Å². The molecule has 1 saturated heterocycles. The fraction of sp³-hybridized carbons (Fsp3) is 0.538. The predicted octanol–water partition coefficient (Wildman–Crippen LogP) is 2.22. The summed E-state index contributed by atoms with van der Waals surface area (Å²) in [4.78, 5) is 0. The maximum absolute atomic E-state index is 5.94. The molecule has 1 aromatic rings. The van der Waals surface area contributed by atoms with Crippen molar-refractivity contribution in [1.82, 2.24) is 10.6 Å². The lowest BCUT2D eigenvalue weighted by Gasteiger charge is -2.23. The molecular formula is C13H19ClN2. The second kappa shape index (κ2) is 6.24. The number of nitrogens with one attached hydrogen (secondary N) is 2. The van der Waals surface area contributed by atoms with Crippen LogP contribution < -0.4 is 10.6 Å². The molecule has 0 amide bonds. The minimum atomic E-state index is 0.695. The summed E-state index contributed by atoms with van der Waals surface area (Å²) < 4.78 is 0. The number of hydrogen-bond acceptors (Lipinski definition) is 2. The van der Waals surface area contributed by atoms with E-state index in [1.54, 1.807) is 0 Å². The maximum Gasteiger partial charge on any atom is 0.0408 e. The molecule has 0 aromatic heterocycles. The van der Waals surface area contributed by atoms with Crippen LogP contribution in [0.4, 0.5) is 0 Å². The van der Waals surface area contributed by atoms with Crippen molar-refractivity contribution in [3.05, 3.63) is 34.9 Å². The van der Waals surface area contributed by atoms with Crippen LogP contribution in [0.15, 0.2) is 24.3 Å². The van der Waals surface area contributed by atoms with Crippen molar-refractivity contribution >= 4 is 11.6 Å². The Kier molecular flexibility index (Phi) is 4.64. The third-order valence-corrected chi connectivity index (χ3v) is 3.31. The van der Waals surface area contributed by atoms with Crippen LogP contribution in [0, 0.1) is 0 Å². The largest absolute Gasteiger partial charge is 0.317 e. The molecule has 1 fully saturated rings. The van der Waals surface area contributed by atoms with Gasteiger partial charge in [-0.1, -0.05) is 23.7 Å². The van der Waals surface area contributed by atoms with Crippen LogP contribution >= 0.6 is 11.6 Å². The Balaban J connectivity index is 1.71. The standard InChI is InChI=1S/C13H19ClN2/c14-12-3-1-2-11(10-12)4-9-16-13-5-7-15-8-6-13/h1-3,10,13,15-16H,4-9H2. The van der Waals surface area contributed by atoms with E-state index in [1.807, 2.05) is 18.2 Å². The minimum Gasteiger partial charge on any atom is -0.317 e. The second-order valence-electron chi connectivity index (χ2n) is 4.36. The highest BCUT2D eigenvalue weighted by Gasteiger charge is 2.11. The smallest absolute Gasteiger partial charge is 0.0408 e. The van der Waals surface area contributed by atoms with Gasteiger partial charge in [-0.05, 0) is 56.6 Å². The van der Waals surface area contributed by atoms with E-state index in [4.69, 9.17) is 11.6 Å². The molecule has 2 nitrogen and oxygen atoms in total. The normalized spacial score (nSPS) is 17.6. The zero-order chi connectivity index (χ0) is 11.2. The molecule has 88 valence electrons. The third kappa shape index (κ3) is 3.78. The van der Waals surface area contributed by atoms with Crippen LogP contribution in [-0.4, -0.2) is 25.7 Å². The van der Waals surface area contributed by atoms with Crippen molar-refractivity contribution < 1.29 is 0 Å². The summed E-state index contributed by atoms with van der Waals surface area (Å²) in [5.74, 6) is 0. The molecule has 0 unspecified atom stereocenters. The van der Waals surface area contributed by atoms with Crippen molar-refractivity contribution in [2.24, 2.45) is 0 Å². The van der Waals surface area contributed by atoms with Crippen LogP contribution in [0.25, 0.3) is 0 Å². The molecule has 0 bridgehead atoms. The molecule has 16 heavy (non-hydrogen) atoms. The van der Waals surface area contributed by atoms with Gasteiger partial charge in [-0.3, -0.25) is 0 Å². The zero-order valence-corrected chi connectivity index (χ0v) is 10.3. The topological polar surface area (TPSA) is 24.1 Å². The van der Waals surface area contributed by atoms with Gasteiger partial charge in [-0.25, -0.2) is 0 Å². The molecule has 2 rings (SSSR count). The van der Waals surface area contributed by atoms with Crippen molar-refractivity contribution in [3.8, 4) is 0 Å². The molecule has 0 radical (unpaired) electrons. The van der Waals surface area contributed by atoms with Gasteiger partial charge >= 0.3 is 0 Å². The molecular weight excluding hydrogens is 220 g/mol. The average Bonchev–Trinajstić information content (AvgIpc) is 2.30. The Hall–Kier alpha value is -0.570. The fourth-order valence-electron chi connectivity index (χ4n) is 2.14. The first-order valence-electron chi connectivity index (χ1n) is 6.03. The maximum atomic E-state index is 5.94. The Morgan fingerprint density at radius 2 is 2.12 bits per heavy atom. The van der Waals surface area contributed by atoms with Crippen molar-refractivity contribution in [1.29, 1.82) is 0 Å². The molecule has 2 N–H and O–H groups in total. The van der Waals surface area contributed by atoms with Crippen molar-refractivity contribution in [3.63, 3.8) is 0 Å². The average molecular weight is 239 g/mol. The molecule has 1 aromatic carbocycles. The summed E-state index contributed by atoms with van der Waals surface area (Å²) in [6, 6.07) is 8.82. The summed E-state index contributed by atoms with van der Waals surface area (Å²) >= 11 is 5.94. The van der Waals surface area contributed by atoms with E-state index in [-0.39, 0.29) is 0 Å². The number of piperidine rings is 1. The van der Waals surface area contributed by atoms with Crippen molar-refractivity contribution in [2.75, 3.05) is 19.6 Å². The second-order valence-corrected chi connectivity index (χ2v) is 4.79. The van der Waals surface area contributed by atoms with Gasteiger partial charge in [-0.2, -0.15) is 0 Å². The lowest BCUT2D eigenvalue weighted by Crippen LogP contribution is -2.40. The van der Waals surface area contributed by atoms with Gasteiger partial charge in [0.25, 0.3) is 0 Å². The third-order valence-electron chi connectivity index (χ3n) is 3.07. The summed E-state index contributed by atoms with van der Waals surface area (Å²) in [5, 5.41) is 7.81. The van der Waals surface area contributed by atoms with E-state index in [2.05, 4.69) is 16.7 Å². The Morgan fingerprint density at radius 1 is 1.31 bits per heavy atom. The molecule has 0 saturated carbocycles. The minimum absolute atomic E-state index is 0.695. The van der Waals surface area contributed by atoms with Crippen molar-refractivity contribution in [2.45, 2.75) is 25.3 Å². The molecule has 1 heterocycles. The number of rotatable bonds is 4. The predicted molar refractivity (Wildman–Crippen MR) is 69.1 cm³/mol. The number of halogens is 1. The summed E-state index contributed by atoms with van der Waals surface area (Å²) in [5.41, 5.74) is 1.31. The Bertz CT molecular complexity index is 321. The van der Waals surface area contributed by atoms with Crippen LogP contribution in [-0.2, 0) is 6.42 Å². The van der Waals surface area contributed by atoms with Crippen LogP contribution in [0.2, 0.25) is 5.02 Å². The molecule has 0 aliphatic carbocycles. The van der Waals surface area contributed by atoms with E-state index >= 15 is 0 Å². The first-order valence-corrected chi connectivity index (χ1v) is 6.41. The van der Waals surface area contributed by atoms with Crippen LogP contribution in [0.3, 0.4) is 0 Å². The lowest BCUT2D eigenvalue weighted by atomic mass is 10.1. The molecule has 1 aliphatic heterocycles. The first-order chi connectivity index (χ1) is 7.84. The monoisotopic (exact) mass is 238 g/mol. The van der Waals surface area contributed by atoms with E-state index in [1.165, 1.54) is 18.4 Å². The SMILES string of the molecule is Clc1cccc(CCNC2CCNCC2)c1. The van der Waals surface area contributed by atoms with Crippen LogP contribution in [0.5, 0.6) is 0 Å². The summed E-state index contributed by atoms with van der Waals surface area (Å²) in [6.07, 6.45) is 3.55. The number of benzene rings is 1. The van der Waals surface area contributed by atoms with E-state index in [0.717, 1.165) is 31.1 Å². The summed E-state index contributed by atoms with van der Waals surface area (Å²) in [7, 11) is 0. The molecule has 0 atom stereocenters. The number of hydrogen-bond donors (Lipinski definition) is 2. The van der Waals surface area contributed by atoms with Gasteiger partial charge in [0.05, 0.1) is 0 Å². The van der Waals surface area contributed by atoms with E-state index < -0.39 is 0 Å². The van der Waals surface area contributed by atoms with Gasteiger partial charge in [0.2, 0.25) is 0 Å². The molecule has 3 heteroatoms. The quantitative estimate of drug-likeness (QED) is 0.841. The highest BCUT2D eigenvalue weighted by Crippen LogP contribution is 2.11. The fourth-order valence-corrected chi connectivity index (χ4v) is 2.35. The highest BCUT2D eigenvalue weighted by atomic mass is 35.5. The van der Waals surface area contributed by atoms with Gasteiger partial charge in [0.15, 0.2) is 0 Å². The van der Waals surface area contributed by atoms with Gasteiger partial charge < -0.3 is 10.6 Å². The lowest BCUT2D eigenvalue weighted by molar-refractivity contribution is 0.389. The van der Waals surface area contributed by atoms with Gasteiger partial charge in [-0.15, -0.1) is 0 Å². The van der Waals surface area contributed by atoms with Gasteiger partial charge in [0.1, 0.15) is 0 Å². The first kappa shape index (κ1) is 11.9. The van der Waals surface area contributed by atoms with E-state index in [0.29, 0.717) is 6.04 Å². The summed E-state index contributed by atoms with van der Waals surface area (Å²) in [6.45, 7) is 3.34. The zero-order valence-electron chi connectivity index (χ0n) is 9.51. The molecule has 0 spiro atoms.